The minimum Gasteiger partial charge on any atom is -0.550 e. The Morgan fingerprint density at radius 3 is 1.26 bits per heavy atom. The molecule has 0 bridgehead atoms. The predicted molar refractivity (Wildman–Crippen MR) is 49.2 cm³/mol. The van der Waals surface area contributed by atoms with Crippen LogP contribution in [-0.4, -0.2) is 61.6 Å². The largest absolute Gasteiger partial charge is 1.00 e. The number of rotatable bonds is 6. The predicted octanol–water partition coefficient (Wildman–Crippen LogP) is -6.52. The average Bonchev–Trinajstić information content (AvgIpc) is 2.24. The van der Waals surface area contributed by atoms with Crippen LogP contribution >= 0.6 is 0 Å². The van der Waals surface area contributed by atoms with E-state index in [0.29, 0.717) is 0 Å². The monoisotopic (exact) mass is 306 g/mol. The fourth-order valence-electron chi connectivity index (χ4n) is 0.479. The number of carbonyl (C=O) groups excluding carboxylic acids is 1. The standard InChI is InChI=1S/C4H6O6.C4H6O4.K/c5-1(3(7)8)2(6)4(9)10;5-3(6)1-2-4(7)8;/h1-2,5-6H,(H,7,8)(H,9,10);1-2H2,(H,5,6)(H,7,8);/q;;+1/p-1. The fraction of sp³-hybridized carbons (Fsp3) is 0.500. The third-order valence-electron chi connectivity index (χ3n) is 1.35. The molecule has 19 heavy (non-hydrogen) atoms. The molecule has 0 radical (unpaired) electrons. The van der Waals surface area contributed by atoms with Gasteiger partial charge in [0.05, 0.1) is 6.42 Å². The van der Waals surface area contributed by atoms with Gasteiger partial charge in [0.15, 0.2) is 12.2 Å². The van der Waals surface area contributed by atoms with Crippen molar-refractivity contribution in [2.75, 3.05) is 0 Å². The van der Waals surface area contributed by atoms with E-state index < -0.39 is 42.5 Å². The van der Waals surface area contributed by atoms with Gasteiger partial charge in [-0.1, -0.05) is 0 Å². The zero-order valence-corrected chi connectivity index (χ0v) is 13.0. The van der Waals surface area contributed by atoms with Gasteiger partial charge in [-0.05, 0) is 6.42 Å². The smallest absolute Gasteiger partial charge is 0.550 e. The summed E-state index contributed by atoms with van der Waals surface area (Å²) in [5.74, 6) is -5.98. The summed E-state index contributed by atoms with van der Waals surface area (Å²) in [6, 6.07) is 0. The third-order valence-corrected chi connectivity index (χ3v) is 1.35. The molecule has 104 valence electrons. The number of carboxylic acid groups (broad SMARTS) is 4. The van der Waals surface area contributed by atoms with Gasteiger partial charge < -0.3 is 35.4 Å². The van der Waals surface area contributed by atoms with Gasteiger partial charge in [0.25, 0.3) is 0 Å². The van der Waals surface area contributed by atoms with E-state index in [9.17, 15) is 24.3 Å². The van der Waals surface area contributed by atoms with Crippen LogP contribution in [0.2, 0.25) is 0 Å². The maximum atomic E-state index is 9.77. The van der Waals surface area contributed by atoms with Crippen molar-refractivity contribution < 1.29 is 101 Å². The maximum absolute atomic E-state index is 9.77. The minimum atomic E-state index is -2.27. The van der Waals surface area contributed by atoms with E-state index in [1.54, 1.807) is 0 Å². The van der Waals surface area contributed by atoms with E-state index in [1.807, 2.05) is 0 Å². The maximum Gasteiger partial charge on any atom is 1.00 e. The molecule has 0 aliphatic carbocycles. The van der Waals surface area contributed by atoms with Gasteiger partial charge in [-0.15, -0.1) is 0 Å². The Hall–Kier alpha value is -0.564. The summed E-state index contributed by atoms with van der Waals surface area (Å²) < 4.78 is 0. The molecule has 0 saturated heterocycles. The molecule has 11 heteroatoms. The fourth-order valence-corrected chi connectivity index (χ4v) is 0.479. The molecule has 0 saturated carbocycles. The molecule has 10 nitrogen and oxygen atoms in total. The van der Waals surface area contributed by atoms with Crippen LogP contribution in [0.3, 0.4) is 0 Å². The number of aliphatic hydroxyl groups is 2. The first kappa shape index (κ1) is 23.5. The molecular formula is C8H11KO10. The second kappa shape index (κ2) is 12.5. The topological polar surface area (TPSA) is 192 Å². The molecule has 0 aromatic carbocycles. The van der Waals surface area contributed by atoms with Crippen molar-refractivity contribution in [1.82, 2.24) is 0 Å². The zero-order chi connectivity index (χ0) is 14.9. The van der Waals surface area contributed by atoms with Crippen molar-refractivity contribution in [2.45, 2.75) is 25.0 Å². The van der Waals surface area contributed by atoms with Gasteiger partial charge in [-0.3, -0.25) is 4.79 Å². The molecule has 0 spiro atoms. The summed E-state index contributed by atoms with van der Waals surface area (Å²) in [6.45, 7) is 0. The van der Waals surface area contributed by atoms with Crippen LogP contribution in [0.4, 0.5) is 0 Å². The van der Waals surface area contributed by atoms with Gasteiger partial charge in [0, 0.05) is 5.97 Å². The Morgan fingerprint density at radius 1 is 0.842 bits per heavy atom. The molecule has 2 atom stereocenters. The van der Waals surface area contributed by atoms with E-state index in [-0.39, 0.29) is 57.8 Å². The van der Waals surface area contributed by atoms with Crippen LogP contribution in [0.1, 0.15) is 12.8 Å². The van der Waals surface area contributed by atoms with E-state index >= 15 is 0 Å². The summed E-state index contributed by atoms with van der Waals surface area (Å²) in [5.41, 5.74) is 0. The molecule has 0 heterocycles. The summed E-state index contributed by atoms with van der Waals surface area (Å²) in [7, 11) is 0. The minimum absolute atomic E-state index is 0. The number of aliphatic hydroxyl groups excluding tert-OH is 2. The third kappa shape index (κ3) is 15.4. The Bertz CT molecular complexity index is 295. The number of hydrogen-bond donors (Lipinski definition) is 5. The first-order valence-electron chi connectivity index (χ1n) is 4.33. The Kier molecular flexibility index (Phi) is 15.4. The normalized spacial score (nSPS) is 11.9. The second-order valence-electron chi connectivity index (χ2n) is 2.83. The second-order valence-corrected chi connectivity index (χ2v) is 2.83. The van der Waals surface area contributed by atoms with Crippen molar-refractivity contribution in [1.29, 1.82) is 0 Å². The summed E-state index contributed by atoms with van der Waals surface area (Å²) in [4.78, 5) is 38.7. The van der Waals surface area contributed by atoms with Crippen LogP contribution in [-0.2, 0) is 19.2 Å². The van der Waals surface area contributed by atoms with Crippen LogP contribution < -0.4 is 56.5 Å². The summed E-state index contributed by atoms with van der Waals surface area (Å²) in [6.07, 6.45) is -5.30. The number of carbonyl (C=O) groups is 4. The van der Waals surface area contributed by atoms with Crippen molar-refractivity contribution >= 4 is 23.9 Å². The molecule has 0 aliphatic heterocycles. The van der Waals surface area contributed by atoms with Crippen LogP contribution in [0.25, 0.3) is 0 Å². The molecule has 0 amide bonds. The van der Waals surface area contributed by atoms with Crippen LogP contribution in [0.15, 0.2) is 0 Å². The SMILES string of the molecule is O=C(O)C(O)C(O)C(=O)O.O=C([O-])CCC(=O)O.[K+]. The van der Waals surface area contributed by atoms with E-state index in [1.165, 1.54) is 0 Å². The number of carboxylic acids is 4. The molecule has 5 N–H and O–H groups in total. The Labute approximate surface area is 149 Å². The first-order chi connectivity index (χ1) is 8.09. The van der Waals surface area contributed by atoms with Crippen molar-refractivity contribution in [2.24, 2.45) is 0 Å². The molecule has 0 aliphatic rings. The van der Waals surface area contributed by atoms with Gasteiger partial charge in [0.2, 0.25) is 0 Å². The summed E-state index contributed by atoms with van der Waals surface area (Å²) in [5, 5.41) is 49.9. The van der Waals surface area contributed by atoms with E-state index in [4.69, 9.17) is 25.5 Å². The first-order valence-corrected chi connectivity index (χ1v) is 4.33. The zero-order valence-electron chi connectivity index (χ0n) is 9.85. The van der Waals surface area contributed by atoms with Crippen LogP contribution in [0.5, 0.6) is 0 Å². The molecule has 0 aromatic heterocycles. The molecule has 0 rings (SSSR count). The van der Waals surface area contributed by atoms with Crippen LogP contribution in [0, 0.1) is 0 Å². The van der Waals surface area contributed by atoms with E-state index in [2.05, 4.69) is 0 Å². The average molecular weight is 306 g/mol. The van der Waals surface area contributed by atoms with Gasteiger partial charge >= 0.3 is 69.3 Å². The van der Waals surface area contributed by atoms with Gasteiger partial charge in [-0.25, -0.2) is 9.59 Å². The van der Waals surface area contributed by atoms with Crippen molar-refractivity contribution in [3.05, 3.63) is 0 Å². The molecular weight excluding hydrogens is 295 g/mol. The number of hydrogen-bond acceptors (Lipinski definition) is 7. The van der Waals surface area contributed by atoms with Crippen molar-refractivity contribution in [3.63, 3.8) is 0 Å². The van der Waals surface area contributed by atoms with E-state index in [0.717, 1.165) is 0 Å². The molecule has 0 fully saturated rings. The molecule has 0 aromatic rings. The van der Waals surface area contributed by atoms with Crippen molar-refractivity contribution in [3.8, 4) is 0 Å². The Morgan fingerprint density at radius 2 is 1.16 bits per heavy atom. The quantitative estimate of drug-likeness (QED) is 0.294. The number of aliphatic carboxylic acids is 4. The Balaban J connectivity index is -0.000000262. The van der Waals surface area contributed by atoms with Gasteiger partial charge in [0.1, 0.15) is 0 Å². The molecule has 2 unspecified atom stereocenters. The summed E-state index contributed by atoms with van der Waals surface area (Å²) >= 11 is 0. The van der Waals surface area contributed by atoms with Gasteiger partial charge in [-0.2, -0.15) is 0 Å².